The van der Waals surface area contributed by atoms with Crippen LogP contribution in [-0.4, -0.2) is 33.9 Å². The largest absolute Gasteiger partial charge is 0.464 e. The summed E-state index contributed by atoms with van der Waals surface area (Å²) in [5, 5.41) is 19.2. The molecular weight excluding hydrogens is 248 g/mol. The Morgan fingerprint density at radius 3 is 2.76 bits per heavy atom. The highest BCUT2D eigenvalue weighted by molar-refractivity contribution is 6.31. The zero-order valence-electron chi connectivity index (χ0n) is 9.13. The van der Waals surface area contributed by atoms with E-state index in [4.69, 9.17) is 17.3 Å². The molecule has 1 aromatic rings. The molecule has 17 heavy (non-hydrogen) atoms. The van der Waals surface area contributed by atoms with Crippen LogP contribution in [0.5, 0.6) is 0 Å². The third-order valence-electron chi connectivity index (χ3n) is 2.03. The van der Waals surface area contributed by atoms with Crippen LogP contribution in [0.3, 0.4) is 0 Å². The van der Waals surface area contributed by atoms with Gasteiger partial charge in [-0.25, -0.2) is 9.78 Å². The van der Waals surface area contributed by atoms with Crippen LogP contribution in [0.15, 0.2) is 12.1 Å². The number of rotatable bonds is 4. The first-order valence-corrected chi connectivity index (χ1v) is 5.29. The molecule has 0 bridgehead atoms. The Kier molecular flexibility index (Phi) is 4.68. The summed E-state index contributed by atoms with van der Waals surface area (Å²) in [6.45, 7) is 1.70. The molecule has 1 rings (SSSR count). The Balaban J connectivity index is 2.84. The number of hydrogen-bond acceptors (Lipinski definition) is 6. The van der Waals surface area contributed by atoms with Crippen LogP contribution in [0.25, 0.3) is 0 Å². The van der Waals surface area contributed by atoms with Gasteiger partial charge in [0.1, 0.15) is 6.10 Å². The van der Waals surface area contributed by atoms with Crippen molar-refractivity contribution in [3.05, 3.63) is 23.0 Å². The monoisotopic (exact) mass is 260 g/mol. The van der Waals surface area contributed by atoms with Crippen LogP contribution in [0.2, 0.25) is 5.15 Å². The Bertz CT molecular complexity index is 413. The molecule has 0 amide bonds. The van der Waals surface area contributed by atoms with Gasteiger partial charge in [-0.2, -0.15) is 0 Å². The lowest BCUT2D eigenvalue weighted by Crippen LogP contribution is -2.30. The number of nitrogens with two attached hydrogens (primary N) is 1. The third-order valence-corrected chi connectivity index (χ3v) is 2.33. The summed E-state index contributed by atoms with van der Waals surface area (Å²) in [4.78, 5) is 15.0. The van der Waals surface area contributed by atoms with E-state index < -0.39 is 18.2 Å². The van der Waals surface area contributed by atoms with Gasteiger partial charge in [0, 0.05) is 0 Å². The fraction of sp³-hybridized carbons (Fsp3) is 0.400. The lowest BCUT2D eigenvalue weighted by molar-refractivity contribution is -0.159. The van der Waals surface area contributed by atoms with E-state index in [-0.39, 0.29) is 23.1 Å². The van der Waals surface area contributed by atoms with Crippen LogP contribution in [0.1, 0.15) is 18.7 Å². The summed E-state index contributed by atoms with van der Waals surface area (Å²) < 4.78 is 4.57. The predicted octanol–water partition coefficient (Wildman–Crippen LogP) is 0.275. The molecule has 0 spiro atoms. The van der Waals surface area contributed by atoms with Crippen LogP contribution in [-0.2, 0) is 9.53 Å². The maximum Gasteiger partial charge on any atom is 0.338 e. The van der Waals surface area contributed by atoms with Crippen molar-refractivity contribution < 1.29 is 19.7 Å². The molecule has 2 atom stereocenters. The maximum absolute atomic E-state index is 11.2. The smallest absolute Gasteiger partial charge is 0.338 e. The van der Waals surface area contributed by atoms with Crippen molar-refractivity contribution >= 4 is 23.3 Å². The molecule has 2 unspecified atom stereocenters. The van der Waals surface area contributed by atoms with E-state index in [2.05, 4.69) is 9.72 Å². The fourth-order valence-electron chi connectivity index (χ4n) is 1.14. The summed E-state index contributed by atoms with van der Waals surface area (Å²) in [7, 11) is 0. The molecule has 0 fully saturated rings. The molecule has 94 valence electrons. The highest BCUT2D eigenvalue weighted by Crippen LogP contribution is 2.21. The molecule has 0 radical (unpaired) electrons. The molecule has 4 N–H and O–H groups in total. The van der Waals surface area contributed by atoms with E-state index in [1.807, 2.05) is 0 Å². The molecule has 1 aromatic heterocycles. The first-order chi connectivity index (χ1) is 7.97. The summed E-state index contributed by atoms with van der Waals surface area (Å²) in [6, 6.07) is 2.79. The molecule has 1 heterocycles. The lowest BCUT2D eigenvalue weighted by atomic mass is 10.1. The fourth-order valence-corrected chi connectivity index (χ4v) is 1.30. The maximum atomic E-state index is 11.2. The van der Waals surface area contributed by atoms with E-state index >= 15 is 0 Å². The first-order valence-electron chi connectivity index (χ1n) is 4.92. The number of anilines is 1. The zero-order valence-corrected chi connectivity index (χ0v) is 9.89. The standard InChI is InChI=1S/C10H13ClN2O4/c1-2-17-10(16)8(15)7(14)6-4-3-5(12)9(11)13-6/h3-4,7-8,14-15H,2,12H2,1H3. The number of carbonyl (C=O) groups excluding carboxylic acids is 1. The van der Waals surface area contributed by atoms with Gasteiger partial charge in [0.15, 0.2) is 11.3 Å². The second-order valence-corrected chi connectivity index (χ2v) is 3.62. The summed E-state index contributed by atoms with van der Waals surface area (Å²) in [5.74, 6) is -0.922. The number of ether oxygens (including phenoxy) is 1. The number of pyridine rings is 1. The number of aliphatic hydroxyl groups excluding tert-OH is 2. The van der Waals surface area contributed by atoms with Gasteiger partial charge in [-0.05, 0) is 19.1 Å². The van der Waals surface area contributed by atoms with Crippen LogP contribution >= 0.6 is 11.6 Å². The quantitative estimate of drug-likeness (QED) is 0.530. The van der Waals surface area contributed by atoms with Crippen molar-refractivity contribution in [1.82, 2.24) is 4.98 Å². The number of nitrogens with zero attached hydrogens (tertiary/aromatic N) is 1. The summed E-state index contributed by atoms with van der Waals surface area (Å²) in [5.41, 5.74) is 5.73. The van der Waals surface area contributed by atoms with Crippen molar-refractivity contribution in [3.8, 4) is 0 Å². The zero-order chi connectivity index (χ0) is 13.0. The normalized spacial score (nSPS) is 14.1. The summed E-state index contributed by atoms with van der Waals surface area (Å²) >= 11 is 5.66. The van der Waals surface area contributed by atoms with Gasteiger partial charge in [-0.3, -0.25) is 0 Å². The number of nitrogen functional groups attached to an aromatic ring is 1. The molecule has 0 aromatic carbocycles. The van der Waals surface area contributed by atoms with Crippen molar-refractivity contribution in [3.63, 3.8) is 0 Å². The number of halogens is 1. The number of carbonyl (C=O) groups is 1. The Morgan fingerprint density at radius 2 is 2.24 bits per heavy atom. The molecular formula is C10H13ClN2O4. The number of esters is 1. The summed E-state index contributed by atoms with van der Waals surface area (Å²) in [6.07, 6.45) is -3.21. The first kappa shape index (κ1) is 13.7. The SMILES string of the molecule is CCOC(=O)C(O)C(O)c1ccc(N)c(Cl)n1. The number of aliphatic hydroxyl groups is 2. The number of hydrogen-bond donors (Lipinski definition) is 3. The van der Waals surface area contributed by atoms with Gasteiger partial charge in [-0.1, -0.05) is 11.6 Å². The van der Waals surface area contributed by atoms with Crippen molar-refractivity contribution in [2.75, 3.05) is 12.3 Å². The minimum absolute atomic E-state index is 0.00221. The van der Waals surface area contributed by atoms with Crippen LogP contribution in [0, 0.1) is 0 Å². The molecule has 0 aliphatic heterocycles. The molecule has 6 nitrogen and oxygen atoms in total. The van der Waals surface area contributed by atoms with Crippen molar-refractivity contribution in [2.24, 2.45) is 0 Å². The van der Waals surface area contributed by atoms with Gasteiger partial charge in [-0.15, -0.1) is 0 Å². The molecule has 0 aliphatic carbocycles. The Morgan fingerprint density at radius 1 is 1.59 bits per heavy atom. The van der Waals surface area contributed by atoms with Crippen LogP contribution < -0.4 is 5.73 Å². The van der Waals surface area contributed by atoms with Gasteiger partial charge in [0.2, 0.25) is 0 Å². The lowest BCUT2D eigenvalue weighted by Gasteiger charge is -2.16. The van der Waals surface area contributed by atoms with E-state index in [1.54, 1.807) is 6.92 Å². The third kappa shape index (κ3) is 3.29. The van der Waals surface area contributed by atoms with E-state index in [1.165, 1.54) is 12.1 Å². The molecule has 0 saturated heterocycles. The molecule has 0 saturated carbocycles. The second kappa shape index (κ2) is 5.81. The predicted molar refractivity (Wildman–Crippen MR) is 61.3 cm³/mol. The highest BCUT2D eigenvalue weighted by atomic mass is 35.5. The number of aromatic nitrogens is 1. The molecule has 7 heteroatoms. The van der Waals surface area contributed by atoms with Gasteiger partial charge in [0.25, 0.3) is 0 Å². The van der Waals surface area contributed by atoms with Crippen molar-refractivity contribution in [2.45, 2.75) is 19.1 Å². The average Bonchev–Trinajstić information content (AvgIpc) is 2.31. The minimum atomic E-state index is -1.71. The topological polar surface area (TPSA) is 106 Å². The van der Waals surface area contributed by atoms with E-state index in [0.717, 1.165) is 0 Å². The van der Waals surface area contributed by atoms with Gasteiger partial charge >= 0.3 is 5.97 Å². The molecule has 0 aliphatic rings. The highest BCUT2D eigenvalue weighted by Gasteiger charge is 2.28. The van der Waals surface area contributed by atoms with Gasteiger partial charge in [0.05, 0.1) is 18.0 Å². The van der Waals surface area contributed by atoms with Crippen LogP contribution in [0.4, 0.5) is 5.69 Å². The minimum Gasteiger partial charge on any atom is -0.464 e. The van der Waals surface area contributed by atoms with E-state index in [0.29, 0.717) is 0 Å². The average molecular weight is 261 g/mol. The van der Waals surface area contributed by atoms with Crippen molar-refractivity contribution in [1.29, 1.82) is 0 Å². The Labute approximate surface area is 103 Å². The van der Waals surface area contributed by atoms with Gasteiger partial charge < -0.3 is 20.7 Å². The Hall–Kier alpha value is -1.37. The second-order valence-electron chi connectivity index (χ2n) is 3.26. The van der Waals surface area contributed by atoms with E-state index in [9.17, 15) is 15.0 Å².